The molecule has 4 aliphatic rings. The van der Waals surface area contributed by atoms with Crippen molar-refractivity contribution in [1.82, 2.24) is 9.80 Å². The highest BCUT2D eigenvalue weighted by molar-refractivity contribution is 5.74. The second-order valence-electron chi connectivity index (χ2n) is 10.9. The Labute approximate surface area is 203 Å². The molecule has 7 rings (SSSR count). The Morgan fingerprint density at radius 3 is 1.88 bits per heavy atom. The second kappa shape index (κ2) is 7.10. The van der Waals surface area contributed by atoms with E-state index in [9.17, 15) is 0 Å². The minimum atomic E-state index is 0.0451. The molecule has 3 aromatic rings. The first-order valence-electron chi connectivity index (χ1n) is 12.7. The van der Waals surface area contributed by atoms with E-state index in [0.717, 1.165) is 19.6 Å². The molecule has 4 heteroatoms. The van der Waals surface area contributed by atoms with Crippen molar-refractivity contribution in [3.63, 3.8) is 0 Å². The van der Waals surface area contributed by atoms with E-state index in [1.165, 1.54) is 29.8 Å². The van der Waals surface area contributed by atoms with E-state index in [0.29, 0.717) is 12.3 Å². The maximum Gasteiger partial charge on any atom is 0.0931 e. The molecule has 0 bridgehead atoms. The molecule has 34 heavy (non-hydrogen) atoms. The lowest BCUT2D eigenvalue weighted by atomic mass is 9.55. The summed E-state index contributed by atoms with van der Waals surface area (Å²) in [5.74, 6) is 0. The molecular formula is C30H34N4. The largest absolute Gasteiger partial charge is 0.358 e. The first-order valence-corrected chi connectivity index (χ1v) is 12.7. The van der Waals surface area contributed by atoms with Gasteiger partial charge in [0.15, 0.2) is 0 Å². The molecule has 3 aromatic carbocycles. The Bertz CT molecular complexity index is 1240. The van der Waals surface area contributed by atoms with E-state index in [1.807, 2.05) is 0 Å². The van der Waals surface area contributed by atoms with Crippen LogP contribution in [0.4, 0.5) is 11.4 Å². The predicted octanol–water partition coefficient (Wildman–Crippen LogP) is 4.66. The van der Waals surface area contributed by atoms with Gasteiger partial charge in [-0.1, -0.05) is 66.7 Å². The van der Waals surface area contributed by atoms with E-state index in [2.05, 4.69) is 120 Å². The van der Waals surface area contributed by atoms with Crippen molar-refractivity contribution in [2.45, 2.75) is 42.5 Å². The Kier molecular flexibility index (Phi) is 4.29. The summed E-state index contributed by atoms with van der Waals surface area (Å²) in [5.41, 5.74) is 7.45. The van der Waals surface area contributed by atoms with E-state index in [4.69, 9.17) is 0 Å². The summed E-state index contributed by atoms with van der Waals surface area (Å²) in [7, 11) is 7.01. The van der Waals surface area contributed by atoms with Crippen LogP contribution in [0.3, 0.4) is 0 Å². The van der Waals surface area contributed by atoms with Crippen LogP contribution in [0.25, 0.3) is 0 Å². The molecule has 2 saturated heterocycles. The standard InChI is InChI=1S/C30H34N4/c1-31-19-17-29(23-13-7-9-15-25(23)33(3)27(29)31)30-18-20-32(2)28(30)34(21-22-11-5-4-6-12-22)26-16-10-8-14-24(26)30/h4-16,27-28H,17-21H2,1-3H3/t27-,28-,29-,30-/m1/s1. The zero-order valence-electron chi connectivity index (χ0n) is 20.5. The number of likely N-dealkylation sites (N-methyl/N-ethyl adjacent to an activating group) is 3. The number of nitrogens with zero attached hydrogens (tertiary/aromatic N) is 4. The van der Waals surface area contributed by atoms with Crippen molar-refractivity contribution in [2.24, 2.45) is 0 Å². The molecule has 0 radical (unpaired) electrons. The van der Waals surface area contributed by atoms with Gasteiger partial charge in [0, 0.05) is 48.9 Å². The molecule has 0 amide bonds. The number of benzene rings is 3. The van der Waals surface area contributed by atoms with E-state index >= 15 is 0 Å². The summed E-state index contributed by atoms with van der Waals surface area (Å²) in [5, 5.41) is 0. The van der Waals surface area contributed by atoms with Gasteiger partial charge < -0.3 is 9.80 Å². The lowest BCUT2D eigenvalue weighted by Crippen LogP contribution is -2.62. The molecule has 4 aliphatic heterocycles. The number of rotatable bonds is 3. The minimum Gasteiger partial charge on any atom is -0.358 e. The lowest BCUT2D eigenvalue weighted by molar-refractivity contribution is 0.123. The highest BCUT2D eigenvalue weighted by Crippen LogP contribution is 2.68. The second-order valence-corrected chi connectivity index (χ2v) is 10.9. The molecule has 0 aliphatic carbocycles. The molecule has 2 fully saturated rings. The summed E-state index contributed by atoms with van der Waals surface area (Å²) in [6.07, 6.45) is 3.12. The minimum absolute atomic E-state index is 0.0451. The number of para-hydroxylation sites is 2. The van der Waals surface area contributed by atoms with Crippen LogP contribution in [-0.2, 0) is 17.4 Å². The molecule has 174 valence electrons. The number of likely N-dealkylation sites (tertiary alicyclic amines) is 2. The van der Waals surface area contributed by atoms with Crippen LogP contribution < -0.4 is 9.80 Å². The van der Waals surface area contributed by atoms with Gasteiger partial charge >= 0.3 is 0 Å². The highest BCUT2D eigenvalue weighted by atomic mass is 15.4. The molecule has 0 saturated carbocycles. The first-order chi connectivity index (χ1) is 16.6. The van der Waals surface area contributed by atoms with Crippen molar-refractivity contribution in [3.05, 3.63) is 95.6 Å². The van der Waals surface area contributed by atoms with Crippen LogP contribution in [0.1, 0.15) is 29.5 Å². The maximum absolute atomic E-state index is 2.72. The van der Waals surface area contributed by atoms with Gasteiger partial charge in [-0.25, -0.2) is 0 Å². The molecular weight excluding hydrogens is 416 g/mol. The fraction of sp³-hybridized carbons (Fsp3) is 0.400. The van der Waals surface area contributed by atoms with Gasteiger partial charge in [-0.2, -0.15) is 0 Å². The normalized spacial score (nSPS) is 32.1. The predicted molar refractivity (Wildman–Crippen MR) is 139 cm³/mol. The van der Waals surface area contributed by atoms with Crippen LogP contribution in [0.15, 0.2) is 78.9 Å². The van der Waals surface area contributed by atoms with Crippen molar-refractivity contribution < 1.29 is 0 Å². The summed E-state index contributed by atoms with van der Waals surface area (Å²) >= 11 is 0. The van der Waals surface area contributed by atoms with Gasteiger partial charge in [0.25, 0.3) is 0 Å². The zero-order chi connectivity index (χ0) is 23.1. The summed E-state index contributed by atoms with van der Waals surface area (Å²) in [4.78, 5) is 10.6. The number of hydrogen-bond acceptors (Lipinski definition) is 4. The van der Waals surface area contributed by atoms with Crippen molar-refractivity contribution >= 4 is 11.4 Å². The highest BCUT2D eigenvalue weighted by Gasteiger charge is 2.73. The molecule has 0 unspecified atom stereocenters. The van der Waals surface area contributed by atoms with Crippen molar-refractivity contribution in [3.8, 4) is 0 Å². The fourth-order valence-corrected chi connectivity index (χ4v) is 8.50. The van der Waals surface area contributed by atoms with Crippen LogP contribution in [0.5, 0.6) is 0 Å². The Morgan fingerprint density at radius 2 is 1.18 bits per heavy atom. The van der Waals surface area contributed by atoms with Gasteiger partial charge in [0.05, 0.1) is 12.3 Å². The van der Waals surface area contributed by atoms with Crippen molar-refractivity contribution in [2.75, 3.05) is 44.0 Å². The van der Waals surface area contributed by atoms with Gasteiger partial charge in [-0.3, -0.25) is 9.80 Å². The fourth-order valence-electron chi connectivity index (χ4n) is 8.50. The third-order valence-electron chi connectivity index (χ3n) is 9.55. The van der Waals surface area contributed by atoms with Gasteiger partial charge in [-0.15, -0.1) is 0 Å². The summed E-state index contributed by atoms with van der Waals surface area (Å²) in [6, 6.07) is 29.6. The average molecular weight is 451 g/mol. The smallest absolute Gasteiger partial charge is 0.0931 e. The quantitative estimate of drug-likeness (QED) is 0.576. The molecule has 4 atom stereocenters. The monoisotopic (exact) mass is 450 g/mol. The zero-order valence-corrected chi connectivity index (χ0v) is 20.5. The van der Waals surface area contributed by atoms with E-state index in [1.54, 1.807) is 11.1 Å². The number of fused-ring (bicyclic) bond motifs is 7. The summed E-state index contributed by atoms with van der Waals surface area (Å²) in [6.45, 7) is 3.22. The Balaban J connectivity index is 1.49. The van der Waals surface area contributed by atoms with E-state index in [-0.39, 0.29) is 10.8 Å². The van der Waals surface area contributed by atoms with Gasteiger partial charge in [-0.05, 0) is 55.8 Å². The number of anilines is 2. The topological polar surface area (TPSA) is 13.0 Å². The molecule has 0 N–H and O–H groups in total. The van der Waals surface area contributed by atoms with Crippen LogP contribution in [0, 0.1) is 0 Å². The maximum atomic E-state index is 2.72. The third-order valence-corrected chi connectivity index (χ3v) is 9.55. The number of hydrogen-bond donors (Lipinski definition) is 0. The molecule has 0 aromatic heterocycles. The first kappa shape index (κ1) is 20.5. The Hall–Kier alpha value is -2.82. The molecule has 4 nitrogen and oxygen atoms in total. The molecule has 0 spiro atoms. The Morgan fingerprint density at radius 1 is 0.647 bits per heavy atom. The average Bonchev–Trinajstić information content (AvgIpc) is 3.56. The van der Waals surface area contributed by atoms with E-state index < -0.39 is 0 Å². The molecule has 4 heterocycles. The SMILES string of the molecule is CN1CC[C@@]2([C@@]34CCN(C)[C@@H]3N(Cc3ccccc3)c3ccccc34)c3ccccc3N(C)[C@@H]12. The van der Waals surface area contributed by atoms with Gasteiger partial charge in [0.1, 0.15) is 0 Å². The van der Waals surface area contributed by atoms with Crippen LogP contribution >= 0.6 is 0 Å². The van der Waals surface area contributed by atoms with Crippen LogP contribution in [0.2, 0.25) is 0 Å². The lowest BCUT2D eigenvalue weighted by Gasteiger charge is -2.50. The third kappa shape index (κ3) is 2.31. The van der Waals surface area contributed by atoms with Crippen LogP contribution in [-0.4, -0.2) is 56.4 Å². The van der Waals surface area contributed by atoms with Gasteiger partial charge in [0.2, 0.25) is 0 Å². The summed E-state index contributed by atoms with van der Waals surface area (Å²) < 4.78 is 0. The van der Waals surface area contributed by atoms with Crippen molar-refractivity contribution in [1.29, 1.82) is 0 Å².